The summed E-state index contributed by atoms with van der Waals surface area (Å²) in [5.41, 5.74) is 7.08. The molecule has 0 fully saturated rings. The minimum absolute atomic E-state index is 0.0295. The van der Waals surface area contributed by atoms with Crippen LogP contribution in [0.4, 0.5) is 0 Å². The second-order valence-corrected chi connectivity index (χ2v) is 9.99. The van der Waals surface area contributed by atoms with E-state index in [-0.39, 0.29) is 5.41 Å². The molecule has 0 bridgehead atoms. The molecule has 176 valence electrons. The molecule has 1 aliphatic carbocycles. The van der Waals surface area contributed by atoms with E-state index >= 15 is 0 Å². The number of benzene rings is 2. The van der Waals surface area contributed by atoms with Crippen molar-refractivity contribution in [3.8, 4) is 11.1 Å². The van der Waals surface area contributed by atoms with Gasteiger partial charge in [-0.05, 0) is 35.1 Å². The van der Waals surface area contributed by atoms with Crippen LogP contribution in [0.2, 0.25) is 0 Å². The van der Waals surface area contributed by atoms with Gasteiger partial charge in [0.25, 0.3) is 0 Å². The molecule has 2 N–H and O–H groups in total. The topological polar surface area (TPSA) is 40.5 Å². The SMILES string of the molecule is CCCCCCCCC1(CCCCCCCC)c2cc([B]O)ccc2-c2ccc([B]O)cc21. The molecule has 0 heterocycles. The molecule has 0 amide bonds. The Kier molecular flexibility index (Phi) is 10.6. The minimum atomic E-state index is -0.0295. The maximum atomic E-state index is 9.77. The van der Waals surface area contributed by atoms with Crippen LogP contribution in [0.25, 0.3) is 11.1 Å². The largest absolute Gasteiger partial charge is 0.450 e. The molecule has 4 heteroatoms. The molecular weight excluding hydrogens is 402 g/mol. The average Bonchev–Trinajstić information content (AvgIpc) is 3.12. The third kappa shape index (κ3) is 6.34. The predicted molar refractivity (Wildman–Crippen MR) is 144 cm³/mol. The summed E-state index contributed by atoms with van der Waals surface area (Å²) in [6.45, 7) is 4.54. The molecule has 0 aromatic heterocycles. The zero-order valence-electron chi connectivity index (χ0n) is 20.9. The van der Waals surface area contributed by atoms with E-state index in [2.05, 4.69) is 38.1 Å². The van der Waals surface area contributed by atoms with Crippen molar-refractivity contribution in [2.45, 2.75) is 109 Å². The van der Waals surface area contributed by atoms with E-state index in [1.165, 1.54) is 114 Å². The Bertz CT molecular complexity index is 793. The second kappa shape index (κ2) is 13.4. The molecule has 0 saturated heterocycles. The smallest absolute Gasteiger partial charge is 0.326 e. The Hall–Kier alpha value is -1.51. The maximum Gasteiger partial charge on any atom is 0.326 e. The molecule has 0 saturated carbocycles. The first-order chi connectivity index (χ1) is 16.2. The van der Waals surface area contributed by atoms with Crippen molar-refractivity contribution in [2.75, 3.05) is 0 Å². The van der Waals surface area contributed by atoms with E-state index in [0.29, 0.717) is 0 Å². The monoisotopic (exact) mass is 444 g/mol. The van der Waals surface area contributed by atoms with Crippen LogP contribution in [0.1, 0.15) is 115 Å². The van der Waals surface area contributed by atoms with E-state index in [4.69, 9.17) is 0 Å². The van der Waals surface area contributed by atoms with Crippen molar-refractivity contribution < 1.29 is 10.0 Å². The fourth-order valence-corrected chi connectivity index (χ4v) is 5.77. The molecular formula is C29H42B2O2. The van der Waals surface area contributed by atoms with Crippen molar-refractivity contribution in [3.63, 3.8) is 0 Å². The van der Waals surface area contributed by atoms with Gasteiger partial charge in [0.2, 0.25) is 0 Å². The molecule has 2 aromatic rings. The molecule has 0 spiro atoms. The summed E-state index contributed by atoms with van der Waals surface area (Å²) in [6.07, 6.45) is 17.8. The van der Waals surface area contributed by atoms with Crippen LogP contribution in [-0.2, 0) is 5.41 Å². The Balaban J connectivity index is 1.91. The quantitative estimate of drug-likeness (QED) is 0.249. The number of unbranched alkanes of at least 4 members (excludes halogenated alkanes) is 10. The summed E-state index contributed by atoms with van der Waals surface area (Å²) < 4.78 is 0. The fourth-order valence-electron chi connectivity index (χ4n) is 5.77. The predicted octanol–water partition coefficient (Wildman–Crippen LogP) is 5.93. The zero-order valence-corrected chi connectivity index (χ0v) is 20.9. The highest BCUT2D eigenvalue weighted by atomic mass is 16.2. The first-order valence-corrected chi connectivity index (χ1v) is 13.4. The summed E-state index contributed by atoms with van der Waals surface area (Å²) >= 11 is 0. The normalized spacial score (nSPS) is 13.6. The summed E-state index contributed by atoms with van der Waals surface area (Å²) in [5.74, 6) is 0. The number of hydrogen-bond donors (Lipinski definition) is 2. The highest BCUT2D eigenvalue weighted by molar-refractivity contribution is 6.46. The zero-order chi connectivity index (χ0) is 23.5. The molecule has 0 aliphatic heterocycles. The van der Waals surface area contributed by atoms with Gasteiger partial charge in [0.05, 0.1) is 0 Å². The van der Waals surface area contributed by atoms with Crippen LogP contribution in [0.5, 0.6) is 0 Å². The number of fused-ring (bicyclic) bond motifs is 3. The van der Waals surface area contributed by atoms with Gasteiger partial charge >= 0.3 is 15.0 Å². The Morgan fingerprint density at radius 2 is 0.970 bits per heavy atom. The number of hydrogen-bond acceptors (Lipinski definition) is 2. The van der Waals surface area contributed by atoms with Crippen molar-refractivity contribution in [2.24, 2.45) is 0 Å². The van der Waals surface area contributed by atoms with E-state index in [1.807, 2.05) is 12.1 Å². The van der Waals surface area contributed by atoms with Crippen LogP contribution in [-0.4, -0.2) is 25.0 Å². The lowest BCUT2D eigenvalue weighted by Crippen LogP contribution is -2.29. The number of rotatable bonds is 16. The van der Waals surface area contributed by atoms with Crippen molar-refractivity contribution >= 4 is 25.9 Å². The fraction of sp³-hybridized carbons (Fsp3) is 0.586. The lowest BCUT2D eigenvalue weighted by molar-refractivity contribution is 0.398. The van der Waals surface area contributed by atoms with Crippen LogP contribution in [0.15, 0.2) is 36.4 Å². The molecule has 2 radical (unpaired) electrons. The van der Waals surface area contributed by atoms with E-state index < -0.39 is 0 Å². The summed E-state index contributed by atoms with van der Waals surface area (Å²) in [5, 5.41) is 19.5. The lowest BCUT2D eigenvalue weighted by atomic mass is 9.68. The van der Waals surface area contributed by atoms with Gasteiger partial charge in [-0.15, -0.1) is 0 Å². The van der Waals surface area contributed by atoms with Gasteiger partial charge in [0, 0.05) is 5.41 Å². The standard InChI is InChI=1S/C29H42B2O2/c1-3-5-7-9-11-13-19-29(20-14-12-10-8-6-4-2)27-21-23(30-32)15-17-25(27)26-18-16-24(31-33)22-28(26)29/h15-18,21-22,32-33H,3-14,19-20H2,1-2H3. The van der Waals surface area contributed by atoms with E-state index in [9.17, 15) is 10.0 Å². The highest BCUT2D eigenvalue weighted by Crippen LogP contribution is 2.53. The highest BCUT2D eigenvalue weighted by Gasteiger charge is 2.42. The van der Waals surface area contributed by atoms with Crippen LogP contribution in [0.3, 0.4) is 0 Å². The van der Waals surface area contributed by atoms with Crippen molar-refractivity contribution in [3.05, 3.63) is 47.5 Å². The molecule has 1 aliphatic rings. The average molecular weight is 444 g/mol. The van der Waals surface area contributed by atoms with Gasteiger partial charge in [-0.3, -0.25) is 0 Å². The Morgan fingerprint density at radius 1 is 0.576 bits per heavy atom. The van der Waals surface area contributed by atoms with Crippen LogP contribution >= 0.6 is 0 Å². The Morgan fingerprint density at radius 3 is 1.36 bits per heavy atom. The third-order valence-electron chi connectivity index (χ3n) is 7.62. The van der Waals surface area contributed by atoms with Gasteiger partial charge in [0.15, 0.2) is 0 Å². The summed E-state index contributed by atoms with van der Waals surface area (Å²) in [7, 11) is 2.47. The second-order valence-electron chi connectivity index (χ2n) is 9.99. The lowest BCUT2D eigenvalue weighted by Gasteiger charge is -2.33. The van der Waals surface area contributed by atoms with Gasteiger partial charge in [-0.2, -0.15) is 0 Å². The first kappa shape index (κ1) is 26.1. The first-order valence-electron chi connectivity index (χ1n) is 13.4. The molecule has 2 nitrogen and oxygen atoms in total. The van der Waals surface area contributed by atoms with Gasteiger partial charge in [0.1, 0.15) is 0 Å². The summed E-state index contributed by atoms with van der Waals surface area (Å²) in [6, 6.07) is 12.8. The van der Waals surface area contributed by atoms with Crippen molar-refractivity contribution in [1.29, 1.82) is 0 Å². The maximum absolute atomic E-state index is 9.77. The van der Waals surface area contributed by atoms with Crippen LogP contribution < -0.4 is 10.9 Å². The Labute approximate surface area is 203 Å². The molecule has 2 aromatic carbocycles. The van der Waals surface area contributed by atoms with E-state index in [1.54, 1.807) is 0 Å². The van der Waals surface area contributed by atoms with Crippen LogP contribution in [0, 0.1) is 0 Å². The molecule has 0 unspecified atom stereocenters. The minimum Gasteiger partial charge on any atom is -0.450 e. The van der Waals surface area contributed by atoms with Gasteiger partial charge in [-0.25, -0.2) is 0 Å². The molecule has 33 heavy (non-hydrogen) atoms. The summed E-state index contributed by atoms with van der Waals surface area (Å²) in [4.78, 5) is 0. The van der Waals surface area contributed by atoms with Crippen molar-refractivity contribution in [1.82, 2.24) is 0 Å². The van der Waals surface area contributed by atoms with Gasteiger partial charge < -0.3 is 10.0 Å². The molecule has 3 rings (SSSR count). The molecule has 0 atom stereocenters. The van der Waals surface area contributed by atoms with E-state index in [0.717, 1.165) is 23.8 Å². The third-order valence-corrected chi connectivity index (χ3v) is 7.62. The van der Waals surface area contributed by atoms with Gasteiger partial charge in [-0.1, -0.05) is 138 Å².